The number of benzene rings is 1. The summed E-state index contributed by atoms with van der Waals surface area (Å²) in [6.45, 7) is 1.57. The lowest BCUT2D eigenvalue weighted by Gasteiger charge is -2.19. The van der Waals surface area contributed by atoms with Crippen LogP contribution in [-0.4, -0.2) is 34.7 Å². The molecule has 1 aromatic rings. The minimum absolute atomic E-state index is 0.000678. The number of esters is 1. The van der Waals surface area contributed by atoms with Crippen molar-refractivity contribution in [3.05, 3.63) is 34.4 Å². The fourth-order valence-electron chi connectivity index (χ4n) is 2.83. The normalized spacial score (nSPS) is 16.3. The molecule has 0 bridgehead atoms. The molecular weight excluding hydrogens is 356 g/mol. The first kappa shape index (κ1) is 20.2. The number of ether oxygens (including phenoxy) is 1. The lowest BCUT2D eigenvalue weighted by molar-refractivity contribution is -0.384. The number of hydrogen-bond donors (Lipinski definition) is 1. The Labute approximate surface area is 157 Å². The van der Waals surface area contributed by atoms with Gasteiger partial charge in [-0.3, -0.25) is 19.7 Å². The molecule has 1 N–H and O–H groups in total. The first-order valence-corrected chi connectivity index (χ1v) is 9.81. The van der Waals surface area contributed by atoms with E-state index in [1.807, 2.05) is 0 Å². The highest BCUT2D eigenvalue weighted by Gasteiger charge is 2.21. The topological polar surface area (TPSA) is 98.5 Å². The lowest BCUT2D eigenvalue weighted by atomic mass is 10.1. The van der Waals surface area contributed by atoms with Gasteiger partial charge in [0.25, 0.3) is 11.6 Å². The second-order valence-electron chi connectivity index (χ2n) is 6.37. The molecule has 0 saturated heterocycles. The van der Waals surface area contributed by atoms with Gasteiger partial charge in [-0.2, -0.15) is 0 Å². The maximum absolute atomic E-state index is 12.2. The highest BCUT2D eigenvalue weighted by Crippen LogP contribution is 2.21. The minimum atomic E-state index is -0.830. The molecule has 0 radical (unpaired) electrons. The summed E-state index contributed by atoms with van der Waals surface area (Å²) in [6.07, 6.45) is 5.76. The van der Waals surface area contributed by atoms with Crippen molar-refractivity contribution in [1.29, 1.82) is 0 Å². The van der Waals surface area contributed by atoms with E-state index in [1.165, 1.54) is 36.7 Å². The third kappa shape index (κ3) is 6.67. The average Bonchev–Trinajstić information content (AvgIpc) is 2.89. The average molecular weight is 380 g/mol. The Hall–Kier alpha value is -2.09. The smallest absolute Gasteiger partial charge is 0.317 e. The van der Waals surface area contributed by atoms with E-state index in [1.54, 1.807) is 19.1 Å². The standard InChI is InChI=1S/C18H24N2O5S/c1-13(18(22)19-14-6-4-2-3-5-7-14)25-17(21)12-26-16-10-8-15(9-11-16)20(23)24/h8-11,13-14H,2-7,12H2,1H3,(H,19,22)/t13-/m1/s1. The second kappa shape index (κ2) is 10.2. The van der Waals surface area contributed by atoms with Crippen LogP contribution in [0.4, 0.5) is 5.69 Å². The van der Waals surface area contributed by atoms with E-state index in [9.17, 15) is 19.7 Å². The molecule has 0 unspecified atom stereocenters. The Morgan fingerprint density at radius 3 is 2.42 bits per heavy atom. The zero-order valence-corrected chi connectivity index (χ0v) is 15.6. The van der Waals surface area contributed by atoms with E-state index >= 15 is 0 Å². The molecule has 1 amide bonds. The van der Waals surface area contributed by atoms with Crippen molar-refractivity contribution in [2.45, 2.75) is 62.5 Å². The summed E-state index contributed by atoms with van der Waals surface area (Å²) in [6, 6.07) is 6.10. The minimum Gasteiger partial charge on any atom is -0.452 e. The Morgan fingerprint density at radius 2 is 1.85 bits per heavy atom. The molecule has 0 spiro atoms. The fourth-order valence-corrected chi connectivity index (χ4v) is 3.51. The van der Waals surface area contributed by atoms with Crippen molar-refractivity contribution >= 4 is 29.3 Å². The van der Waals surface area contributed by atoms with Gasteiger partial charge in [0.2, 0.25) is 0 Å². The summed E-state index contributed by atoms with van der Waals surface area (Å²) in [5, 5.41) is 13.6. The molecule has 1 aromatic carbocycles. The van der Waals surface area contributed by atoms with Gasteiger partial charge in [0, 0.05) is 23.1 Å². The van der Waals surface area contributed by atoms with Gasteiger partial charge in [-0.25, -0.2) is 0 Å². The number of nitro benzene ring substituents is 1. The van der Waals surface area contributed by atoms with Gasteiger partial charge in [-0.1, -0.05) is 25.7 Å². The van der Waals surface area contributed by atoms with Crippen molar-refractivity contribution in [3.63, 3.8) is 0 Å². The van der Waals surface area contributed by atoms with Crippen LogP contribution >= 0.6 is 11.8 Å². The number of nitrogens with zero attached hydrogens (tertiary/aromatic N) is 1. The first-order chi connectivity index (χ1) is 12.5. The summed E-state index contributed by atoms with van der Waals surface area (Å²) in [5.41, 5.74) is 0.000678. The number of nitrogens with one attached hydrogen (secondary N) is 1. The Bertz CT molecular complexity index is 627. The molecule has 1 fully saturated rings. The summed E-state index contributed by atoms with van der Waals surface area (Å²) in [5.74, 6) is -0.707. The monoisotopic (exact) mass is 380 g/mol. The largest absolute Gasteiger partial charge is 0.452 e. The number of rotatable bonds is 7. The molecule has 142 valence electrons. The van der Waals surface area contributed by atoms with Gasteiger partial charge in [0.05, 0.1) is 10.7 Å². The van der Waals surface area contributed by atoms with Crippen molar-refractivity contribution in [1.82, 2.24) is 5.32 Å². The van der Waals surface area contributed by atoms with E-state index < -0.39 is 17.0 Å². The van der Waals surface area contributed by atoms with Crippen molar-refractivity contribution in [3.8, 4) is 0 Å². The number of non-ortho nitro benzene ring substituents is 1. The molecule has 1 atom stereocenters. The number of hydrogen-bond acceptors (Lipinski definition) is 6. The number of nitro groups is 1. The maximum atomic E-state index is 12.2. The van der Waals surface area contributed by atoms with Gasteiger partial charge >= 0.3 is 5.97 Å². The Morgan fingerprint density at radius 1 is 1.23 bits per heavy atom. The van der Waals surface area contributed by atoms with Crippen molar-refractivity contribution < 1.29 is 19.2 Å². The SMILES string of the molecule is C[C@@H](OC(=O)CSc1ccc([N+](=O)[O-])cc1)C(=O)NC1CCCCCC1. The van der Waals surface area contributed by atoms with Crippen LogP contribution in [-0.2, 0) is 14.3 Å². The zero-order valence-electron chi connectivity index (χ0n) is 14.8. The number of carbonyl (C=O) groups excluding carboxylic acids is 2. The third-order valence-corrected chi connectivity index (χ3v) is 5.27. The van der Waals surface area contributed by atoms with E-state index in [-0.39, 0.29) is 23.4 Å². The molecule has 1 saturated carbocycles. The highest BCUT2D eigenvalue weighted by atomic mass is 32.2. The second-order valence-corrected chi connectivity index (χ2v) is 7.42. The molecule has 26 heavy (non-hydrogen) atoms. The van der Waals surface area contributed by atoms with Crippen LogP contribution in [0.2, 0.25) is 0 Å². The van der Waals surface area contributed by atoms with Gasteiger partial charge in [0.15, 0.2) is 6.10 Å². The van der Waals surface area contributed by atoms with E-state index in [0.717, 1.165) is 30.6 Å². The molecule has 1 aliphatic rings. The fraction of sp³-hybridized carbons (Fsp3) is 0.556. The molecule has 8 heteroatoms. The first-order valence-electron chi connectivity index (χ1n) is 8.83. The van der Waals surface area contributed by atoms with E-state index in [4.69, 9.17) is 4.74 Å². The van der Waals surface area contributed by atoms with E-state index in [0.29, 0.717) is 0 Å². The molecule has 7 nitrogen and oxygen atoms in total. The predicted octanol–water partition coefficient (Wildman–Crippen LogP) is 3.46. The summed E-state index contributed by atoms with van der Waals surface area (Å²) < 4.78 is 5.19. The van der Waals surface area contributed by atoms with Crippen LogP contribution in [0.25, 0.3) is 0 Å². The zero-order chi connectivity index (χ0) is 18.9. The van der Waals surface area contributed by atoms with Gasteiger partial charge in [0.1, 0.15) is 0 Å². The predicted molar refractivity (Wildman–Crippen MR) is 99.0 cm³/mol. The number of thioether (sulfide) groups is 1. The van der Waals surface area contributed by atoms with Crippen LogP contribution in [0.3, 0.4) is 0 Å². The molecule has 2 rings (SSSR count). The highest BCUT2D eigenvalue weighted by molar-refractivity contribution is 8.00. The molecule has 0 aromatic heterocycles. The van der Waals surface area contributed by atoms with Crippen LogP contribution < -0.4 is 5.32 Å². The van der Waals surface area contributed by atoms with E-state index in [2.05, 4.69) is 5.32 Å². The summed E-state index contributed by atoms with van der Waals surface area (Å²) >= 11 is 1.21. The molecular formula is C18H24N2O5S. The molecule has 1 aliphatic carbocycles. The van der Waals surface area contributed by atoms with Gasteiger partial charge in [-0.05, 0) is 31.9 Å². The summed E-state index contributed by atoms with van der Waals surface area (Å²) in [7, 11) is 0. The maximum Gasteiger partial charge on any atom is 0.317 e. The van der Waals surface area contributed by atoms with Crippen LogP contribution in [0, 0.1) is 10.1 Å². The molecule has 0 heterocycles. The summed E-state index contributed by atoms with van der Waals surface area (Å²) in [4.78, 5) is 35.0. The van der Waals surface area contributed by atoms with Crippen LogP contribution in [0.1, 0.15) is 45.4 Å². The van der Waals surface area contributed by atoms with Crippen molar-refractivity contribution in [2.24, 2.45) is 0 Å². The number of carbonyl (C=O) groups is 2. The molecule has 0 aliphatic heterocycles. The van der Waals surface area contributed by atoms with Crippen LogP contribution in [0.5, 0.6) is 0 Å². The van der Waals surface area contributed by atoms with Gasteiger partial charge in [-0.15, -0.1) is 11.8 Å². The third-order valence-electron chi connectivity index (χ3n) is 4.28. The Kier molecular flexibility index (Phi) is 7.90. The lowest BCUT2D eigenvalue weighted by Crippen LogP contribution is -2.42. The quantitative estimate of drug-likeness (QED) is 0.256. The van der Waals surface area contributed by atoms with Crippen LogP contribution in [0.15, 0.2) is 29.2 Å². The Balaban J connectivity index is 1.73. The van der Waals surface area contributed by atoms with Gasteiger partial charge < -0.3 is 10.1 Å². The van der Waals surface area contributed by atoms with Crippen molar-refractivity contribution in [2.75, 3.05) is 5.75 Å². The number of amides is 1.